The third-order valence-electron chi connectivity index (χ3n) is 5.21. The molecule has 1 fully saturated rings. The summed E-state index contributed by atoms with van der Waals surface area (Å²) in [6, 6.07) is 10.6. The van der Waals surface area contributed by atoms with Crippen LogP contribution in [0.4, 0.5) is 5.69 Å². The molecule has 0 unspecified atom stereocenters. The van der Waals surface area contributed by atoms with Crippen molar-refractivity contribution in [1.29, 1.82) is 0 Å². The van der Waals surface area contributed by atoms with Gasteiger partial charge < -0.3 is 5.32 Å². The second-order valence-corrected chi connectivity index (χ2v) is 9.94. The number of sulfonamides is 1. The molecule has 29 heavy (non-hydrogen) atoms. The average Bonchev–Trinajstić information content (AvgIpc) is 2.70. The zero-order chi connectivity index (χ0) is 21.0. The minimum absolute atomic E-state index is 0.121. The van der Waals surface area contributed by atoms with E-state index in [0.717, 1.165) is 36.0 Å². The second kappa shape index (κ2) is 9.28. The molecule has 2 aromatic rings. The predicted molar refractivity (Wildman–Crippen MR) is 117 cm³/mol. The third-order valence-corrected chi connectivity index (χ3v) is 7.42. The molecular formula is C22H27ClN2O3S. The van der Waals surface area contributed by atoms with E-state index in [-0.39, 0.29) is 5.91 Å². The topological polar surface area (TPSA) is 66.5 Å². The third kappa shape index (κ3) is 5.38. The summed E-state index contributed by atoms with van der Waals surface area (Å²) in [4.78, 5) is 12.7. The number of benzene rings is 2. The molecule has 0 saturated carbocycles. The zero-order valence-electron chi connectivity index (χ0n) is 16.9. The van der Waals surface area contributed by atoms with Crippen molar-refractivity contribution in [2.24, 2.45) is 0 Å². The average molecular weight is 435 g/mol. The maximum absolute atomic E-state index is 12.7. The number of nitrogens with zero attached hydrogens (tertiary/aromatic N) is 1. The molecule has 0 bridgehead atoms. The molecule has 0 spiro atoms. The maximum atomic E-state index is 12.7. The van der Waals surface area contributed by atoms with Gasteiger partial charge in [0.15, 0.2) is 0 Å². The van der Waals surface area contributed by atoms with Gasteiger partial charge in [-0.2, -0.15) is 4.31 Å². The molecule has 1 amide bonds. The highest BCUT2D eigenvalue weighted by Crippen LogP contribution is 2.27. The molecule has 1 aliphatic heterocycles. The first-order chi connectivity index (χ1) is 13.8. The fraction of sp³-hybridized carbons (Fsp3) is 0.409. The van der Waals surface area contributed by atoms with Gasteiger partial charge in [-0.25, -0.2) is 8.42 Å². The van der Waals surface area contributed by atoms with Gasteiger partial charge in [-0.1, -0.05) is 36.2 Å². The molecule has 1 saturated heterocycles. The van der Waals surface area contributed by atoms with E-state index in [1.54, 1.807) is 28.6 Å². The fourth-order valence-electron chi connectivity index (χ4n) is 3.62. The minimum atomic E-state index is -3.42. The maximum Gasteiger partial charge on any atom is 0.243 e. The Morgan fingerprint density at radius 3 is 2.34 bits per heavy atom. The number of hydrogen-bond acceptors (Lipinski definition) is 3. The van der Waals surface area contributed by atoms with Crippen molar-refractivity contribution in [3.05, 3.63) is 58.1 Å². The number of halogens is 1. The normalized spacial score (nSPS) is 15.3. The van der Waals surface area contributed by atoms with Crippen molar-refractivity contribution in [1.82, 2.24) is 4.31 Å². The van der Waals surface area contributed by atoms with Crippen LogP contribution in [0.15, 0.2) is 41.3 Å². The lowest BCUT2D eigenvalue weighted by Gasteiger charge is -2.25. The van der Waals surface area contributed by atoms with Crippen molar-refractivity contribution in [3.63, 3.8) is 0 Å². The molecule has 5 nitrogen and oxygen atoms in total. The standard InChI is InChI=1S/C22H27ClN2O3S/c1-16-14-17(2)22(20(23)15-16)24-21(26)11-8-18-6-9-19(10-7-18)29(27,28)25-12-4-3-5-13-25/h6-7,9-10,14-15H,3-5,8,11-13H2,1-2H3,(H,24,26). The minimum Gasteiger partial charge on any atom is -0.325 e. The number of rotatable bonds is 6. The van der Waals surface area contributed by atoms with Crippen LogP contribution >= 0.6 is 11.6 Å². The lowest BCUT2D eigenvalue weighted by Crippen LogP contribution is -2.35. The number of nitrogens with one attached hydrogen (secondary N) is 1. The molecule has 0 aliphatic carbocycles. The highest BCUT2D eigenvalue weighted by Gasteiger charge is 2.25. The van der Waals surface area contributed by atoms with Gasteiger partial charge in [0.05, 0.1) is 15.6 Å². The van der Waals surface area contributed by atoms with Gasteiger partial charge in [0.2, 0.25) is 15.9 Å². The van der Waals surface area contributed by atoms with E-state index in [4.69, 9.17) is 11.6 Å². The van der Waals surface area contributed by atoms with E-state index in [1.807, 2.05) is 26.0 Å². The van der Waals surface area contributed by atoms with Crippen LogP contribution in [0.1, 0.15) is 42.4 Å². The first kappa shape index (κ1) is 21.8. The molecule has 0 atom stereocenters. The van der Waals surface area contributed by atoms with E-state index < -0.39 is 10.0 Å². The molecule has 0 aromatic heterocycles. The Bertz CT molecular complexity index is 959. The molecule has 156 valence electrons. The summed E-state index contributed by atoms with van der Waals surface area (Å²) < 4.78 is 27.0. The molecule has 0 radical (unpaired) electrons. The van der Waals surface area contributed by atoms with Gasteiger partial charge in [-0.05, 0) is 68.0 Å². The van der Waals surface area contributed by atoms with Crippen LogP contribution < -0.4 is 5.32 Å². The van der Waals surface area contributed by atoms with E-state index in [9.17, 15) is 13.2 Å². The molecule has 7 heteroatoms. The number of amides is 1. The highest BCUT2D eigenvalue weighted by atomic mass is 35.5. The Balaban J connectivity index is 1.60. The highest BCUT2D eigenvalue weighted by molar-refractivity contribution is 7.89. The quantitative estimate of drug-likeness (QED) is 0.716. The van der Waals surface area contributed by atoms with Crippen LogP contribution in [0, 0.1) is 13.8 Å². The molecule has 1 N–H and O–H groups in total. The Morgan fingerprint density at radius 1 is 1.07 bits per heavy atom. The van der Waals surface area contributed by atoms with E-state index in [0.29, 0.717) is 41.5 Å². The summed E-state index contributed by atoms with van der Waals surface area (Å²) >= 11 is 6.24. The van der Waals surface area contributed by atoms with Crippen molar-refractivity contribution < 1.29 is 13.2 Å². The van der Waals surface area contributed by atoms with E-state index in [2.05, 4.69) is 5.32 Å². The van der Waals surface area contributed by atoms with Gasteiger partial charge in [-0.15, -0.1) is 0 Å². The number of carbonyl (C=O) groups excluding carboxylic acids is 1. The number of aryl methyl sites for hydroxylation is 3. The number of carbonyl (C=O) groups is 1. The lowest BCUT2D eigenvalue weighted by atomic mass is 10.1. The molecule has 1 heterocycles. The summed E-state index contributed by atoms with van der Waals surface area (Å²) in [5.74, 6) is -0.121. The number of anilines is 1. The Hall–Kier alpha value is -1.89. The first-order valence-electron chi connectivity index (χ1n) is 9.93. The van der Waals surface area contributed by atoms with E-state index in [1.165, 1.54) is 0 Å². The van der Waals surface area contributed by atoms with E-state index >= 15 is 0 Å². The molecular weight excluding hydrogens is 408 g/mol. The Kier molecular flexibility index (Phi) is 6.98. The molecule has 1 aliphatic rings. The SMILES string of the molecule is Cc1cc(C)c(NC(=O)CCc2ccc(S(=O)(=O)N3CCCCC3)cc2)c(Cl)c1. The van der Waals surface area contributed by atoms with Gasteiger partial charge in [0, 0.05) is 19.5 Å². The Morgan fingerprint density at radius 2 is 1.72 bits per heavy atom. The van der Waals surface area contributed by atoms with Crippen molar-refractivity contribution in [2.75, 3.05) is 18.4 Å². The number of hydrogen-bond donors (Lipinski definition) is 1. The van der Waals surface area contributed by atoms with Crippen LogP contribution in [-0.2, 0) is 21.2 Å². The summed E-state index contributed by atoms with van der Waals surface area (Å²) in [6.45, 7) is 5.05. The Labute approximate surface area is 178 Å². The largest absolute Gasteiger partial charge is 0.325 e. The van der Waals surface area contributed by atoms with Crippen LogP contribution in [0.2, 0.25) is 5.02 Å². The van der Waals surface area contributed by atoms with Crippen LogP contribution in [0.25, 0.3) is 0 Å². The lowest BCUT2D eigenvalue weighted by molar-refractivity contribution is -0.116. The van der Waals surface area contributed by atoms with Crippen molar-refractivity contribution in [2.45, 2.75) is 50.8 Å². The molecule has 3 rings (SSSR count). The first-order valence-corrected chi connectivity index (χ1v) is 11.7. The van der Waals surface area contributed by atoms with Crippen LogP contribution in [0.5, 0.6) is 0 Å². The predicted octanol–water partition coefficient (Wildman–Crippen LogP) is 4.70. The number of piperidine rings is 1. The van der Waals surface area contributed by atoms with Crippen LogP contribution in [0.3, 0.4) is 0 Å². The smallest absolute Gasteiger partial charge is 0.243 e. The summed E-state index contributed by atoms with van der Waals surface area (Å²) in [5.41, 5.74) is 3.54. The van der Waals surface area contributed by atoms with Gasteiger partial charge in [0.1, 0.15) is 0 Å². The van der Waals surface area contributed by atoms with Gasteiger partial charge in [-0.3, -0.25) is 4.79 Å². The van der Waals surface area contributed by atoms with Crippen LogP contribution in [-0.4, -0.2) is 31.7 Å². The van der Waals surface area contributed by atoms with Crippen molar-refractivity contribution >= 4 is 33.2 Å². The van der Waals surface area contributed by atoms with Crippen molar-refractivity contribution in [3.8, 4) is 0 Å². The zero-order valence-corrected chi connectivity index (χ0v) is 18.4. The summed E-state index contributed by atoms with van der Waals surface area (Å²) in [6.07, 6.45) is 3.73. The summed E-state index contributed by atoms with van der Waals surface area (Å²) in [5, 5.41) is 3.41. The summed E-state index contributed by atoms with van der Waals surface area (Å²) in [7, 11) is -3.42. The van der Waals surface area contributed by atoms with Gasteiger partial charge in [0.25, 0.3) is 0 Å². The van der Waals surface area contributed by atoms with Gasteiger partial charge >= 0.3 is 0 Å². The second-order valence-electron chi connectivity index (χ2n) is 7.60. The molecule has 2 aromatic carbocycles. The fourth-order valence-corrected chi connectivity index (χ4v) is 5.50. The monoisotopic (exact) mass is 434 g/mol.